The molecular formula is C15H17ClN4O. The minimum atomic E-state index is -0.645. The Hall–Kier alpha value is -1.85. The van der Waals surface area contributed by atoms with Crippen molar-refractivity contribution in [3.05, 3.63) is 46.5 Å². The Balaban J connectivity index is 2.17. The Labute approximate surface area is 127 Å². The first-order valence-electron chi connectivity index (χ1n) is 6.80. The molecule has 1 atom stereocenters. The molecule has 0 bridgehead atoms. The highest BCUT2D eigenvalue weighted by atomic mass is 35.5. The van der Waals surface area contributed by atoms with Crippen molar-refractivity contribution < 1.29 is 5.11 Å². The van der Waals surface area contributed by atoms with Crippen LogP contribution in [0.2, 0.25) is 5.15 Å². The fraction of sp³-hybridized carbons (Fsp3) is 0.333. The van der Waals surface area contributed by atoms with Gasteiger partial charge in [-0.05, 0) is 26.0 Å². The van der Waals surface area contributed by atoms with Gasteiger partial charge in [-0.3, -0.25) is 4.68 Å². The Bertz CT molecular complexity index is 803. The lowest BCUT2D eigenvalue weighted by Gasteiger charge is -2.11. The summed E-state index contributed by atoms with van der Waals surface area (Å²) in [6.07, 6.45) is -0.645. The molecule has 5 nitrogen and oxygen atoms in total. The standard InChI is InChI=1S/C15H17ClN4O/c1-9-11(14(16)19(3)18-9)8-20-13-7-5-4-6-12(13)17-15(20)10(2)21/h4-7,10,21H,8H2,1-3H3. The van der Waals surface area contributed by atoms with Crippen LogP contribution < -0.4 is 0 Å². The van der Waals surface area contributed by atoms with Crippen molar-refractivity contribution in [1.82, 2.24) is 19.3 Å². The number of hydrogen-bond donors (Lipinski definition) is 1. The van der Waals surface area contributed by atoms with Crippen molar-refractivity contribution in [1.29, 1.82) is 0 Å². The van der Waals surface area contributed by atoms with Gasteiger partial charge < -0.3 is 9.67 Å². The molecular weight excluding hydrogens is 288 g/mol. The molecule has 3 rings (SSSR count). The second-order valence-corrected chi connectivity index (χ2v) is 5.56. The summed E-state index contributed by atoms with van der Waals surface area (Å²) in [5.41, 5.74) is 3.68. The van der Waals surface area contributed by atoms with E-state index in [0.717, 1.165) is 22.3 Å². The number of benzene rings is 1. The third kappa shape index (κ3) is 2.32. The number of hydrogen-bond acceptors (Lipinski definition) is 3. The van der Waals surface area contributed by atoms with Gasteiger partial charge >= 0.3 is 0 Å². The largest absolute Gasteiger partial charge is 0.385 e. The number of nitrogens with zero attached hydrogens (tertiary/aromatic N) is 4. The summed E-state index contributed by atoms with van der Waals surface area (Å²) in [5, 5.41) is 14.9. The molecule has 0 aliphatic heterocycles. The smallest absolute Gasteiger partial charge is 0.138 e. The number of imidazole rings is 1. The first-order chi connectivity index (χ1) is 9.99. The molecule has 2 aromatic heterocycles. The van der Waals surface area contributed by atoms with Crippen LogP contribution >= 0.6 is 11.6 Å². The van der Waals surface area contributed by atoms with Crippen LogP contribution in [-0.4, -0.2) is 24.4 Å². The first-order valence-corrected chi connectivity index (χ1v) is 7.18. The molecule has 3 aromatic rings. The van der Waals surface area contributed by atoms with Gasteiger partial charge in [-0.2, -0.15) is 5.10 Å². The topological polar surface area (TPSA) is 55.9 Å². The van der Waals surface area contributed by atoms with E-state index in [2.05, 4.69) is 10.1 Å². The lowest BCUT2D eigenvalue weighted by Crippen LogP contribution is -2.08. The van der Waals surface area contributed by atoms with E-state index < -0.39 is 6.10 Å². The van der Waals surface area contributed by atoms with Gasteiger partial charge in [0.05, 0.1) is 23.3 Å². The van der Waals surface area contributed by atoms with E-state index in [1.165, 1.54) is 0 Å². The van der Waals surface area contributed by atoms with E-state index in [-0.39, 0.29) is 0 Å². The number of aryl methyl sites for hydroxylation is 2. The molecule has 6 heteroatoms. The monoisotopic (exact) mass is 304 g/mol. The molecule has 1 N–H and O–H groups in total. The lowest BCUT2D eigenvalue weighted by atomic mass is 10.2. The highest BCUT2D eigenvalue weighted by molar-refractivity contribution is 6.30. The zero-order chi connectivity index (χ0) is 15.1. The highest BCUT2D eigenvalue weighted by Gasteiger charge is 2.18. The van der Waals surface area contributed by atoms with Crippen molar-refractivity contribution in [3.8, 4) is 0 Å². The molecule has 2 heterocycles. The van der Waals surface area contributed by atoms with E-state index >= 15 is 0 Å². The van der Waals surface area contributed by atoms with Crippen molar-refractivity contribution in [2.75, 3.05) is 0 Å². The second-order valence-electron chi connectivity index (χ2n) is 5.20. The molecule has 0 amide bonds. The molecule has 0 saturated carbocycles. The summed E-state index contributed by atoms with van der Waals surface area (Å²) in [7, 11) is 1.82. The third-order valence-electron chi connectivity index (χ3n) is 3.64. The second kappa shape index (κ2) is 5.16. The highest BCUT2D eigenvalue weighted by Crippen LogP contribution is 2.25. The van der Waals surface area contributed by atoms with Crippen LogP contribution in [0.25, 0.3) is 11.0 Å². The van der Waals surface area contributed by atoms with Crippen LogP contribution in [0.5, 0.6) is 0 Å². The normalized spacial score (nSPS) is 13.0. The van der Waals surface area contributed by atoms with E-state index in [4.69, 9.17) is 11.6 Å². The van der Waals surface area contributed by atoms with Gasteiger partial charge in [0.25, 0.3) is 0 Å². The summed E-state index contributed by atoms with van der Waals surface area (Å²) in [6, 6.07) is 7.83. The summed E-state index contributed by atoms with van der Waals surface area (Å²) in [5.74, 6) is 0.635. The van der Waals surface area contributed by atoms with Crippen molar-refractivity contribution in [3.63, 3.8) is 0 Å². The zero-order valence-corrected chi connectivity index (χ0v) is 13.0. The number of fused-ring (bicyclic) bond motifs is 1. The maximum absolute atomic E-state index is 9.99. The van der Waals surface area contributed by atoms with Crippen molar-refractivity contribution in [2.45, 2.75) is 26.5 Å². The number of para-hydroxylation sites is 2. The van der Waals surface area contributed by atoms with Crippen LogP contribution in [0.1, 0.15) is 30.1 Å². The Morgan fingerprint density at radius 2 is 2.05 bits per heavy atom. The molecule has 0 spiro atoms. The maximum atomic E-state index is 9.99. The molecule has 1 unspecified atom stereocenters. The molecule has 110 valence electrons. The summed E-state index contributed by atoms with van der Waals surface area (Å²) in [6.45, 7) is 4.19. The number of aliphatic hydroxyl groups is 1. The van der Waals surface area contributed by atoms with Crippen LogP contribution in [0.15, 0.2) is 24.3 Å². The summed E-state index contributed by atoms with van der Waals surface area (Å²) < 4.78 is 3.66. The molecule has 1 aromatic carbocycles. The van der Waals surface area contributed by atoms with Gasteiger partial charge in [-0.25, -0.2) is 4.98 Å². The average Bonchev–Trinajstić information content (AvgIpc) is 2.93. The van der Waals surface area contributed by atoms with Gasteiger partial charge in [-0.15, -0.1) is 0 Å². The van der Waals surface area contributed by atoms with Gasteiger partial charge in [0.1, 0.15) is 17.1 Å². The fourth-order valence-electron chi connectivity index (χ4n) is 2.59. The van der Waals surface area contributed by atoms with E-state index in [1.807, 2.05) is 42.8 Å². The number of rotatable bonds is 3. The molecule has 0 radical (unpaired) electrons. The fourth-order valence-corrected chi connectivity index (χ4v) is 2.83. The number of aromatic nitrogens is 4. The summed E-state index contributed by atoms with van der Waals surface area (Å²) in [4.78, 5) is 4.52. The van der Waals surface area contributed by atoms with Gasteiger partial charge in [0.2, 0.25) is 0 Å². The zero-order valence-electron chi connectivity index (χ0n) is 12.2. The van der Waals surface area contributed by atoms with E-state index in [9.17, 15) is 5.11 Å². The van der Waals surface area contributed by atoms with Gasteiger partial charge in [0, 0.05) is 12.6 Å². The molecule has 0 fully saturated rings. The molecule has 21 heavy (non-hydrogen) atoms. The van der Waals surface area contributed by atoms with Crippen LogP contribution in [0.3, 0.4) is 0 Å². The molecule has 0 saturated heterocycles. The van der Waals surface area contributed by atoms with Crippen LogP contribution in [0, 0.1) is 6.92 Å². The van der Waals surface area contributed by atoms with E-state index in [1.54, 1.807) is 11.6 Å². The first kappa shape index (κ1) is 14.1. The SMILES string of the molecule is Cc1nn(C)c(Cl)c1Cn1c(C(C)O)nc2ccccc21. The van der Waals surface area contributed by atoms with Gasteiger partial charge in [0.15, 0.2) is 0 Å². The third-order valence-corrected chi connectivity index (χ3v) is 4.12. The maximum Gasteiger partial charge on any atom is 0.138 e. The molecule has 0 aliphatic carbocycles. The predicted octanol–water partition coefficient (Wildman–Crippen LogP) is 2.83. The lowest BCUT2D eigenvalue weighted by molar-refractivity contribution is 0.185. The number of halogens is 1. The van der Waals surface area contributed by atoms with Crippen LogP contribution in [0.4, 0.5) is 0 Å². The van der Waals surface area contributed by atoms with Gasteiger partial charge in [-0.1, -0.05) is 23.7 Å². The Morgan fingerprint density at radius 1 is 1.33 bits per heavy atom. The van der Waals surface area contributed by atoms with E-state index in [0.29, 0.717) is 17.5 Å². The average molecular weight is 305 g/mol. The van der Waals surface area contributed by atoms with Crippen molar-refractivity contribution >= 4 is 22.6 Å². The minimum absolute atomic E-state index is 0.541. The predicted molar refractivity (Wildman–Crippen MR) is 82.4 cm³/mol. The summed E-state index contributed by atoms with van der Waals surface area (Å²) >= 11 is 6.32. The Morgan fingerprint density at radius 3 is 2.67 bits per heavy atom. The van der Waals surface area contributed by atoms with Crippen LogP contribution in [-0.2, 0) is 13.6 Å². The van der Waals surface area contributed by atoms with Crippen molar-refractivity contribution in [2.24, 2.45) is 7.05 Å². The Kier molecular flexibility index (Phi) is 3.47. The minimum Gasteiger partial charge on any atom is -0.385 e. The quantitative estimate of drug-likeness (QED) is 0.809. The molecule has 0 aliphatic rings. The number of aliphatic hydroxyl groups excluding tert-OH is 1.